The molecule has 2 bridgehead atoms. The minimum absolute atomic E-state index is 0.0798. The Morgan fingerprint density at radius 2 is 1.37 bits per heavy atom. The zero-order chi connectivity index (χ0) is 21.4. The fraction of sp³-hybridized carbons (Fsp3) is 0.458. The second-order valence-electron chi connectivity index (χ2n) is 8.35. The lowest BCUT2D eigenvalue weighted by atomic mass is 9.63. The van der Waals surface area contributed by atoms with Gasteiger partial charge in [-0.05, 0) is 54.2 Å². The number of aromatic hydroxyl groups is 2. The zero-order valence-corrected chi connectivity index (χ0v) is 17.6. The number of rotatable bonds is 5. The van der Waals surface area contributed by atoms with Crippen LogP contribution in [0.1, 0.15) is 49.4 Å². The summed E-state index contributed by atoms with van der Waals surface area (Å²) in [5.74, 6) is 1.50. The van der Waals surface area contributed by atoms with Gasteiger partial charge in [0, 0.05) is 23.9 Å². The van der Waals surface area contributed by atoms with E-state index >= 15 is 0 Å². The molecule has 1 saturated heterocycles. The van der Waals surface area contributed by atoms with Crippen molar-refractivity contribution in [2.45, 2.75) is 38.3 Å². The van der Waals surface area contributed by atoms with Crippen LogP contribution in [0.5, 0.6) is 23.0 Å². The van der Waals surface area contributed by atoms with Crippen LogP contribution in [0, 0.1) is 17.8 Å². The predicted molar refractivity (Wildman–Crippen MR) is 113 cm³/mol. The van der Waals surface area contributed by atoms with Gasteiger partial charge in [0.1, 0.15) is 5.78 Å². The van der Waals surface area contributed by atoms with Crippen LogP contribution in [0.2, 0.25) is 0 Å². The molecule has 30 heavy (non-hydrogen) atoms. The van der Waals surface area contributed by atoms with Crippen molar-refractivity contribution in [2.75, 3.05) is 14.2 Å². The minimum Gasteiger partial charge on any atom is -0.504 e. The summed E-state index contributed by atoms with van der Waals surface area (Å²) in [6.07, 6.45) is 2.76. The van der Waals surface area contributed by atoms with Crippen molar-refractivity contribution in [3.05, 3.63) is 47.5 Å². The Morgan fingerprint density at radius 1 is 0.900 bits per heavy atom. The Kier molecular flexibility index (Phi) is 5.60. The van der Waals surface area contributed by atoms with Crippen LogP contribution in [0.15, 0.2) is 36.4 Å². The van der Waals surface area contributed by atoms with Gasteiger partial charge in [-0.2, -0.15) is 0 Å². The quantitative estimate of drug-likeness (QED) is 0.686. The number of methoxy groups -OCH3 is 2. The highest BCUT2D eigenvalue weighted by Gasteiger charge is 2.49. The molecule has 1 heterocycles. The zero-order valence-electron chi connectivity index (χ0n) is 17.6. The molecule has 1 aliphatic heterocycles. The van der Waals surface area contributed by atoms with Crippen LogP contribution in [0.25, 0.3) is 0 Å². The lowest BCUT2D eigenvalue weighted by Gasteiger charge is -2.47. The molecule has 0 spiro atoms. The monoisotopic (exact) mass is 411 g/mol. The number of phenols is 2. The van der Waals surface area contributed by atoms with Crippen molar-refractivity contribution in [2.24, 2.45) is 17.8 Å². The maximum Gasteiger partial charge on any atom is 0.160 e. The number of nitrogens with one attached hydrogen (secondary N) is 1. The van der Waals surface area contributed by atoms with Gasteiger partial charge in [-0.15, -0.1) is 0 Å². The van der Waals surface area contributed by atoms with Crippen molar-refractivity contribution in [1.82, 2.24) is 5.32 Å². The number of hydrogen-bond acceptors (Lipinski definition) is 6. The Morgan fingerprint density at radius 3 is 1.77 bits per heavy atom. The Hall–Kier alpha value is -2.73. The van der Waals surface area contributed by atoms with Crippen molar-refractivity contribution in [3.63, 3.8) is 0 Å². The molecule has 2 aromatic rings. The molecule has 1 saturated carbocycles. The average molecular weight is 411 g/mol. The smallest absolute Gasteiger partial charge is 0.160 e. The fourth-order valence-corrected chi connectivity index (χ4v) is 5.11. The molecular formula is C24H29NO5. The second kappa shape index (κ2) is 8.19. The molecule has 4 rings (SSSR count). The first-order valence-corrected chi connectivity index (χ1v) is 10.5. The van der Waals surface area contributed by atoms with Gasteiger partial charge in [-0.3, -0.25) is 4.79 Å². The van der Waals surface area contributed by atoms with Gasteiger partial charge in [-0.25, -0.2) is 0 Å². The number of ketones is 1. The predicted octanol–water partition coefficient (Wildman–Crippen LogP) is 4.12. The topological polar surface area (TPSA) is 88.0 Å². The summed E-state index contributed by atoms with van der Waals surface area (Å²) in [5, 5.41) is 23.7. The number of piperidine rings is 1. The van der Waals surface area contributed by atoms with Gasteiger partial charge < -0.3 is 25.0 Å². The van der Waals surface area contributed by atoms with Gasteiger partial charge in [0.2, 0.25) is 0 Å². The summed E-state index contributed by atoms with van der Waals surface area (Å²) >= 11 is 0. The first-order valence-electron chi connectivity index (χ1n) is 10.5. The van der Waals surface area contributed by atoms with E-state index in [-0.39, 0.29) is 41.2 Å². The lowest BCUT2D eigenvalue weighted by molar-refractivity contribution is -0.137. The second-order valence-corrected chi connectivity index (χ2v) is 8.35. The van der Waals surface area contributed by atoms with Crippen molar-refractivity contribution in [3.8, 4) is 23.0 Å². The molecule has 4 atom stereocenters. The molecule has 1 aliphatic carbocycles. The van der Waals surface area contributed by atoms with E-state index in [1.54, 1.807) is 12.1 Å². The van der Waals surface area contributed by atoms with E-state index in [4.69, 9.17) is 9.47 Å². The van der Waals surface area contributed by atoms with E-state index in [0.717, 1.165) is 30.4 Å². The molecule has 0 amide bonds. The van der Waals surface area contributed by atoms with Crippen molar-refractivity contribution in [1.29, 1.82) is 0 Å². The number of fused-ring (bicyclic) bond motifs is 2. The number of hydrogen-bond donors (Lipinski definition) is 3. The number of carbonyl (C=O) groups is 1. The maximum absolute atomic E-state index is 13.5. The first-order chi connectivity index (χ1) is 14.5. The number of ether oxygens (including phenoxy) is 2. The van der Waals surface area contributed by atoms with Gasteiger partial charge in [0.15, 0.2) is 23.0 Å². The molecular weight excluding hydrogens is 382 g/mol. The molecule has 160 valence electrons. The fourth-order valence-electron chi connectivity index (χ4n) is 5.11. The van der Waals surface area contributed by atoms with Gasteiger partial charge in [-0.1, -0.05) is 25.5 Å². The van der Waals surface area contributed by atoms with Crippen LogP contribution in [0.3, 0.4) is 0 Å². The molecule has 2 aromatic carbocycles. The first kappa shape index (κ1) is 20.5. The Balaban J connectivity index is 1.77. The maximum atomic E-state index is 13.5. The molecule has 0 aromatic heterocycles. The third kappa shape index (κ3) is 3.49. The summed E-state index contributed by atoms with van der Waals surface area (Å²) in [7, 11) is 3.04. The van der Waals surface area contributed by atoms with Crippen LogP contribution in [0.4, 0.5) is 0 Å². The van der Waals surface area contributed by atoms with E-state index < -0.39 is 0 Å². The van der Waals surface area contributed by atoms with Crippen molar-refractivity contribution >= 4 is 5.78 Å². The molecule has 4 unspecified atom stereocenters. The van der Waals surface area contributed by atoms with Gasteiger partial charge in [0.05, 0.1) is 14.2 Å². The van der Waals surface area contributed by atoms with Crippen LogP contribution in [-0.2, 0) is 4.79 Å². The third-order valence-corrected chi connectivity index (χ3v) is 6.77. The summed E-state index contributed by atoms with van der Waals surface area (Å²) in [4.78, 5) is 13.5. The number of benzene rings is 2. The third-order valence-electron chi connectivity index (χ3n) is 6.77. The molecule has 3 N–H and O–H groups in total. The number of Topliss-reactive ketones (excluding diaryl/α,β-unsaturated/α-hetero) is 1. The summed E-state index contributed by atoms with van der Waals surface area (Å²) in [6, 6.07) is 10.2. The van der Waals surface area contributed by atoms with Crippen LogP contribution in [-0.4, -0.2) is 30.2 Å². The Bertz CT molecular complexity index is 872. The van der Waals surface area contributed by atoms with Crippen molar-refractivity contribution < 1.29 is 24.5 Å². The molecule has 0 radical (unpaired) electrons. The summed E-state index contributed by atoms with van der Waals surface area (Å²) in [6.45, 7) is 2.18. The average Bonchev–Trinajstić information content (AvgIpc) is 2.75. The van der Waals surface area contributed by atoms with E-state index in [2.05, 4.69) is 12.2 Å². The van der Waals surface area contributed by atoms with E-state index in [0.29, 0.717) is 17.4 Å². The van der Waals surface area contributed by atoms with Crippen LogP contribution >= 0.6 is 0 Å². The Labute approximate surface area is 176 Å². The van der Waals surface area contributed by atoms with Crippen LogP contribution < -0.4 is 14.8 Å². The highest BCUT2D eigenvalue weighted by molar-refractivity contribution is 5.87. The lowest BCUT2D eigenvalue weighted by Crippen LogP contribution is -2.52. The number of carbonyl (C=O) groups excluding carboxylic acids is 1. The largest absolute Gasteiger partial charge is 0.504 e. The molecule has 6 heteroatoms. The van der Waals surface area contributed by atoms with E-state index in [1.165, 1.54) is 14.2 Å². The highest BCUT2D eigenvalue weighted by atomic mass is 16.5. The minimum atomic E-state index is -0.178. The highest BCUT2D eigenvalue weighted by Crippen LogP contribution is 2.49. The molecule has 6 nitrogen and oxygen atoms in total. The van der Waals surface area contributed by atoms with Gasteiger partial charge >= 0.3 is 0 Å². The summed E-state index contributed by atoms with van der Waals surface area (Å²) < 4.78 is 10.6. The normalized spacial score (nSPS) is 28.2. The molecule has 2 aliphatic rings. The molecule has 2 fully saturated rings. The standard InChI is InChI=1S/C24H29NO5/c1-4-13-9-16-22(14-5-7-18(26)20(11-14)29-2)25-23(17(10-13)24(16)28)15-6-8-19(27)21(12-15)30-3/h5-8,11-13,16-17,22-23,25-27H,4,9-10H2,1-3H3. The SMILES string of the molecule is CCC1CC2C(=O)C(C1)C(c1ccc(O)c(OC)c1)NC2c1ccc(O)c(OC)c1. The summed E-state index contributed by atoms with van der Waals surface area (Å²) in [5.41, 5.74) is 1.85. The van der Waals surface area contributed by atoms with E-state index in [1.807, 2.05) is 24.3 Å². The van der Waals surface area contributed by atoms with E-state index in [9.17, 15) is 15.0 Å². The number of phenolic OH excluding ortho intramolecular Hbond substituents is 2. The van der Waals surface area contributed by atoms with Gasteiger partial charge in [0.25, 0.3) is 0 Å².